The number of ether oxygens (including phenoxy) is 1. The molecule has 0 fully saturated rings. The Morgan fingerprint density at radius 2 is 1.82 bits per heavy atom. The average Bonchev–Trinajstić information content (AvgIpc) is 1.98. The third kappa shape index (κ3) is 5.50. The molecule has 0 radical (unpaired) electrons. The maximum atomic E-state index is 8.51. The molecule has 5 heteroatoms. The minimum atomic E-state index is -0.931. The minimum Gasteiger partial charge on any atom is -0.493 e. The van der Waals surface area contributed by atoms with Gasteiger partial charge in [0, 0.05) is 5.92 Å². The fourth-order valence-corrected chi connectivity index (χ4v) is 0.422. The highest BCUT2D eigenvalue weighted by molar-refractivity contribution is 4.68. The van der Waals surface area contributed by atoms with Gasteiger partial charge in [-0.25, -0.2) is 0 Å². The van der Waals surface area contributed by atoms with Crippen LogP contribution in [-0.4, -0.2) is 40.2 Å². The molecule has 0 aromatic rings. The predicted molar refractivity (Wildman–Crippen MR) is 37.0 cm³/mol. The molecule has 66 valence electrons. The van der Waals surface area contributed by atoms with E-state index in [-0.39, 0.29) is 25.7 Å². The molecule has 0 amide bonds. The maximum absolute atomic E-state index is 8.51. The molecule has 0 aliphatic heterocycles. The van der Waals surface area contributed by atoms with E-state index in [2.05, 4.69) is 4.74 Å². The van der Waals surface area contributed by atoms with E-state index in [1.807, 2.05) is 0 Å². The SMILES string of the molecule is OCC(CO)COC=C(O)O. The van der Waals surface area contributed by atoms with Crippen LogP contribution >= 0.6 is 0 Å². The molecule has 5 nitrogen and oxygen atoms in total. The summed E-state index contributed by atoms with van der Waals surface area (Å²) in [5.74, 6) is -1.31. The van der Waals surface area contributed by atoms with Crippen molar-refractivity contribution in [3.63, 3.8) is 0 Å². The number of aliphatic hydroxyl groups excluding tert-OH is 3. The van der Waals surface area contributed by atoms with Crippen molar-refractivity contribution in [3.8, 4) is 0 Å². The van der Waals surface area contributed by atoms with Gasteiger partial charge in [0.25, 0.3) is 0 Å². The fourth-order valence-electron chi connectivity index (χ4n) is 0.422. The van der Waals surface area contributed by atoms with Gasteiger partial charge in [0.15, 0.2) is 6.26 Å². The smallest absolute Gasteiger partial charge is 0.310 e. The average molecular weight is 164 g/mol. The van der Waals surface area contributed by atoms with E-state index in [0.717, 1.165) is 6.26 Å². The van der Waals surface area contributed by atoms with Crippen molar-refractivity contribution in [2.45, 2.75) is 0 Å². The molecule has 0 unspecified atom stereocenters. The van der Waals surface area contributed by atoms with Crippen molar-refractivity contribution in [2.24, 2.45) is 5.92 Å². The lowest BCUT2D eigenvalue weighted by atomic mass is 10.2. The van der Waals surface area contributed by atoms with E-state index in [4.69, 9.17) is 20.4 Å². The summed E-state index contributed by atoms with van der Waals surface area (Å²) >= 11 is 0. The van der Waals surface area contributed by atoms with Crippen LogP contribution in [-0.2, 0) is 4.74 Å². The number of rotatable bonds is 5. The lowest BCUT2D eigenvalue weighted by Crippen LogP contribution is -2.16. The maximum Gasteiger partial charge on any atom is 0.310 e. The zero-order valence-corrected chi connectivity index (χ0v) is 5.97. The third-order valence-corrected chi connectivity index (χ3v) is 1.04. The van der Waals surface area contributed by atoms with Gasteiger partial charge in [0.2, 0.25) is 0 Å². The first-order chi connectivity index (χ1) is 5.20. The van der Waals surface area contributed by atoms with Gasteiger partial charge >= 0.3 is 5.95 Å². The topological polar surface area (TPSA) is 90.2 Å². The molecule has 0 aliphatic carbocycles. The van der Waals surface area contributed by atoms with Crippen molar-refractivity contribution < 1.29 is 25.2 Å². The van der Waals surface area contributed by atoms with E-state index in [9.17, 15) is 0 Å². The summed E-state index contributed by atoms with van der Waals surface area (Å²) < 4.78 is 4.56. The molecule has 0 spiro atoms. The monoisotopic (exact) mass is 164 g/mol. The van der Waals surface area contributed by atoms with Crippen LogP contribution in [0.4, 0.5) is 0 Å². The molecule has 0 heterocycles. The lowest BCUT2D eigenvalue weighted by molar-refractivity contribution is 0.0748. The molecule has 0 bridgehead atoms. The zero-order chi connectivity index (χ0) is 8.69. The first-order valence-electron chi connectivity index (χ1n) is 3.12. The zero-order valence-electron chi connectivity index (χ0n) is 5.97. The van der Waals surface area contributed by atoms with Gasteiger partial charge in [-0.05, 0) is 0 Å². The van der Waals surface area contributed by atoms with Crippen molar-refractivity contribution >= 4 is 0 Å². The molecule has 11 heavy (non-hydrogen) atoms. The molecular formula is C6H12O5. The Balaban J connectivity index is 3.43. The normalized spacial score (nSPS) is 9.73. The summed E-state index contributed by atoms with van der Waals surface area (Å²) in [4.78, 5) is 0. The second kappa shape index (κ2) is 5.82. The van der Waals surface area contributed by atoms with Gasteiger partial charge in [-0.3, -0.25) is 0 Å². The summed E-state index contributed by atoms with van der Waals surface area (Å²) in [5.41, 5.74) is 0. The minimum absolute atomic E-state index is 0.0532. The van der Waals surface area contributed by atoms with E-state index < -0.39 is 5.95 Å². The van der Waals surface area contributed by atoms with Crippen molar-refractivity contribution in [1.82, 2.24) is 0 Å². The van der Waals surface area contributed by atoms with Gasteiger partial charge in [-0.1, -0.05) is 0 Å². The van der Waals surface area contributed by atoms with Crippen LogP contribution in [0, 0.1) is 5.92 Å². The van der Waals surface area contributed by atoms with Crippen LogP contribution in [0.3, 0.4) is 0 Å². The molecule has 0 saturated carbocycles. The van der Waals surface area contributed by atoms with Crippen LogP contribution in [0.25, 0.3) is 0 Å². The van der Waals surface area contributed by atoms with Gasteiger partial charge in [0.05, 0.1) is 19.8 Å². The standard InChI is InChI=1S/C6H12O5/c7-1-5(2-8)3-11-4-6(9)10/h4-5,7-10H,1-3H2. The van der Waals surface area contributed by atoms with Crippen LogP contribution in [0.5, 0.6) is 0 Å². The highest BCUT2D eigenvalue weighted by atomic mass is 16.5. The summed E-state index contributed by atoms with van der Waals surface area (Å²) in [6, 6.07) is 0. The number of hydrogen-bond donors (Lipinski definition) is 4. The van der Waals surface area contributed by atoms with Crippen LogP contribution in [0.2, 0.25) is 0 Å². The van der Waals surface area contributed by atoms with Crippen LogP contribution in [0.1, 0.15) is 0 Å². The Bertz CT molecular complexity index is 114. The third-order valence-electron chi connectivity index (χ3n) is 1.04. The first kappa shape index (κ1) is 10.1. The Hall–Kier alpha value is -0.940. The summed E-state index contributed by atoms with van der Waals surface area (Å²) in [7, 11) is 0. The highest BCUT2D eigenvalue weighted by Gasteiger charge is 2.04. The molecular weight excluding hydrogens is 152 g/mol. The molecule has 0 atom stereocenters. The van der Waals surface area contributed by atoms with E-state index >= 15 is 0 Å². The lowest BCUT2D eigenvalue weighted by Gasteiger charge is -2.08. The second-order valence-corrected chi connectivity index (χ2v) is 2.04. The van der Waals surface area contributed by atoms with Gasteiger partial charge < -0.3 is 25.2 Å². The number of hydrogen-bond acceptors (Lipinski definition) is 5. The summed E-state index contributed by atoms with van der Waals surface area (Å²) in [6.45, 7) is -0.343. The Morgan fingerprint density at radius 1 is 1.27 bits per heavy atom. The Labute approximate surface area is 64.2 Å². The van der Waals surface area contributed by atoms with Gasteiger partial charge in [-0.15, -0.1) is 0 Å². The second-order valence-electron chi connectivity index (χ2n) is 2.04. The molecule has 0 aliphatic rings. The summed E-state index contributed by atoms with van der Waals surface area (Å²) in [5, 5.41) is 33.4. The van der Waals surface area contributed by atoms with E-state index in [0.29, 0.717) is 0 Å². The molecule has 0 aromatic carbocycles. The predicted octanol–water partition coefficient (Wildman–Crippen LogP) is -0.481. The number of aliphatic hydroxyl groups is 4. The van der Waals surface area contributed by atoms with Crippen molar-refractivity contribution in [1.29, 1.82) is 0 Å². The summed E-state index contributed by atoms with van der Waals surface area (Å²) in [6.07, 6.45) is 0.734. The van der Waals surface area contributed by atoms with Gasteiger partial charge in [-0.2, -0.15) is 0 Å². The van der Waals surface area contributed by atoms with Gasteiger partial charge in [0.1, 0.15) is 0 Å². The van der Waals surface area contributed by atoms with Crippen molar-refractivity contribution in [3.05, 3.63) is 12.2 Å². The quantitative estimate of drug-likeness (QED) is 0.412. The molecule has 4 N–H and O–H groups in total. The fraction of sp³-hybridized carbons (Fsp3) is 0.667. The molecule has 0 rings (SSSR count). The Kier molecular flexibility index (Phi) is 5.32. The van der Waals surface area contributed by atoms with E-state index in [1.165, 1.54) is 0 Å². The molecule has 0 saturated heterocycles. The first-order valence-corrected chi connectivity index (χ1v) is 3.12. The van der Waals surface area contributed by atoms with E-state index in [1.54, 1.807) is 0 Å². The van der Waals surface area contributed by atoms with Crippen molar-refractivity contribution in [2.75, 3.05) is 19.8 Å². The van der Waals surface area contributed by atoms with Crippen LogP contribution in [0.15, 0.2) is 12.2 Å². The largest absolute Gasteiger partial charge is 0.493 e. The molecule has 0 aromatic heterocycles. The Morgan fingerprint density at radius 3 is 2.18 bits per heavy atom. The highest BCUT2D eigenvalue weighted by Crippen LogP contribution is 1.95. The van der Waals surface area contributed by atoms with Crippen LogP contribution < -0.4 is 0 Å².